The summed E-state index contributed by atoms with van der Waals surface area (Å²) in [7, 11) is 0. The van der Waals surface area contributed by atoms with Gasteiger partial charge in [-0.05, 0) is 46.5 Å². The van der Waals surface area contributed by atoms with Gasteiger partial charge in [-0.2, -0.15) is 5.10 Å². The molecule has 17 heavy (non-hydrogen) atoms. The fourth-order valence-corrected chi connectivity index (χ4v) is 2.70. The molecule has 1 aromatic heterocycles. The van der Waals surface area contributed by atoms with Crippen LogP contribution in [0, 0.1) is 5.92 Å². The highest BCUT2D eigenvalue weighted by Gasteiger charge is 2.26. The van der Waals surface area contributed by atoms with E-state index in [1.54, 1.807) is 0 Å². The number of hydrogen-bond acceptors (Lipinski definition) is 2. The summed E-state index contributed by atoms with van der Waals surface area (Å²) < 4.78 is 2.06. The molecule has 3 unspecified atom stereocenters. The van der Waals surface area contributed by atoms with Crippen molar-refractivity contribution in [3.63, 3.8) is 0 Å². The van der Waals surface area contributed by atoms with Crippen LogP contribution in [0.25, 0.3) is 0 Å². The molecule has 0 amide bonds. The largest absolute Gasteiger partial charge is 0.307 e. The Bertz CT molecular complexity index is 365. The molecular formula is C14H25N3. The van der Waals surface area contributed by atoms with E-state index in [0.29, 0.717) is 12.1 Å². The van der Waals surface area contributed by atoms with Crippen LogP contribution in [0.15, 0.2) is 12.4 Å². The van der Waals surface area contributed by atoms with Crippen LogP contribution in [0.4, 0.5) is 0 Å². The normalized spacial score (nSPS) is 30.5. The lowest BCUT2D eigenvalue weighted by Crippen LogP contribution is -2.37. The lowest BCUT2D eigenvalue weighted by molar-refractivity contribution is 0.269. The van der Waals surface area contributed by atoms with Gasteiger partial charge in [-0.15, -0.1) is 0 Å². The minimum atomic E-state index is 0.0736. The lowest BCUT2D eigenvalue weighted by Gasteiger charge is -2.32. The van der Waals surface area contributed by atoms with Crippen LogP contribution in [0.1, 0.15) is 59.1 Å². The van der Waals surface area contributed by atoms with Crippen LogP contribution < -0.4 is 5.32 Å². The summed E-state index contributed by atoms with van der Waals surface area (Å²) in [6, 6.07) is 1.09. The molecule has 0 saturated carbocycles. The van der Waals surface area contributed by atoms with E-state index < -0.39 is 0 Å². The molecule has 2 heterocycles. The summed E-state index contributed by atoms with van der Waals surface area (Å²) in [5.74, 6) is 0.800. The van der Waals surface area contributed by atoms with Crippen molar-refractivity contribution in [2.24, 2.45) is 5.92 Å². The van der Waals surface area contributed by atoms with Crippen molar-refractivity contribution in [3.8, 4) is 0 Å². The highest BCUT2D eigenvalue weighted by Crippen LogP contribution is 2.29. The van der Waals surface area contributed by atoms with E-state index in [0.717, 1.165) is 5.92 Å². The highest BCUT2D eigenvalue weighted by atomic mass is 15.3. The minimum absolute atomic E-state index is 0.0736. The van der Waals surface area contributed by atoms with Gasteiger partial charge in [-0.1, -0.05) is 6.92 Å². The summed E-state index contributed by atoms with van der Waals surface area (Å²) in [6.07, 6.45) is 6.72. The quantitative estimate of drug-likeness (QED) is 0.810. The van der Waals surface area contributed by atoms with Gasteiger partial charge in [-0.3, -0.25) is 4.68 Å². The number of nitrogens with one attached hydrogen (secondary N) is 1. The van der Waals surface area contributed by atoms with Crippen molar-refractivity contribution in [2.45, 2.75) is 65.1 Å². The third-order valence-corrected chi connectivity index (χ3v) is 3.57. The van der Waals surface area contributed by atoms with E-state index in [1.807, 2.05) is 6.20 Å². The third kappa shape index (κ3) is 2.89. The smallest absolute Gasteiger partial charge is 0.0543 e. The second-order valence-electron chi connectivity index (χ2n) is 6.59. The van der Waals surface area contributed by atoms with Gasteiger partial charge in [0.15, 0.2) is 0 Å². The zero-order chi connectivity index (χ0) is 12.6. The summed E-state index contributed by atoms with van der Waals surface area (Å²) in [6.45, 7) is 11.2. The van der Waals surface area contributed by atoms with E-state index >= 15 is 0 Å². The molecule has 1 aliphatic rings. The van der Waals surface area contributed by atoms with Gasteiger partial charge in [0, 0.05) is 23.8 Å². The van der Waals surface area contributed by atoms with Gasteiger partial charge in [0.25, 0.3) is 0 Å². The molecule has 3 heteroatoms. The van der Waals surface area contributed by atoms with Crippen molar-refractivity contribution in [3.05, 3.63) is 18.0 Å². The number of hydrogen-bond donors (Lipinski definition) is 1. The molecule has 0 spiro atoms. The molecule has 2 rings (SSSR count). The van der Waals surface area contributed by atoms with E-state index in [2.05, 4.69) is 55.9 Å². The summed E-state index contributed by atoms with van der Waals surface area (Å²) in [5, 5.41) is 8.16. The van der Waals surface area contributed by atoms with Crippen molar-refractivity contribution in [2.75, 3.05) is 0 Å². The van der Waals surface area contributed by atoms with Crippen LogP contribution in [0.2, 0.25) is 0 Å². The minimum Gasteiger partial charge on any atom is -0.307 e. The van der Waals surface area contributed by atoms with Crippen LogP contribution in [-0.2, 0) is 5.54 Å². The van der Waals surface area contributed by atoms with Gasteiger partial charge in [0.05, 0.1) is 11.7 Å². The molecule has 0 radical (unpaired) electrons. The van der Waals surface area contributed by atoms with Crippen molar-refractivity contribution in [1.29, 1.82) is 0 Å². The Morgan fingerprint density at radius 2 is 2.00 bits per heavy atom. The first-order chi connectivity index (χ1) is 7.86. The second kappa shape index (κ2) is 4.45. The molecule has 1 fully saturated rings. The maximum atomic E-state index is 4.49. The zero-order valence-electron chi connectivity index (χ0n) is 11.7. The van der Waals surface area contributed by atoms with Crippen molar-refractivity contribution >= 4 is 0 Å². The molecule has 1 aliphatic heterocycles. The fraction of sp³-hybridized carbons (Fsp3) is 0.786. The molecule has 3 atom stereocenters. The standard InChI is InChI=1S/C14H25N3/c1-10-6-11(2)16-13(7-10)12-8-15-17(9-12)14(3,4)5/h8-11,13,16H,6-7H2,1-5H3. The molecule has 1 saturated heterocycles. The van der Waals surface area contributed by atoms with Crippen molar-refractivity contribution < 1.29 is 0 Å². The Balaban J connectivity index is 2.14. The number of aromatic nitrogens is 2. The SMILES string of the molecule is CC1CC(C)NC(c2cnn(C(C)(C)C)c2)C1. The summed E-state index contributed by atoms with van der Waals surface area (Å²) >= 11 is 0. The van der Waals surface area contributed by atoms with Crippen LogP contribution >= 0.6 is 0 Å². The predicted molar refractivity (Wildman–Crippen MR) is 71.0 cm³/mol. The highest BCUT2D eigenvalue weighted by molar-refractivity contribution is 5.13. The van der Waals surface area contributed by atoms with Gasteiger partial charge >= 0.3 is 0 Å². The number of rotatable bonds is 1. The summed E-state index contributed by atoms with van der Waals surface area (Å²) in [5.41, 5.74) is 1.41. The Morgan fingerprint density at radius 1 is 1.29 bits per heavy atom. The predicted octanol–water partition coefficient (Wildman–Crippen LogP) is 3.09. The number of nitrogens with zero attached hydrogens (tertiary/aromatic N) is 2. The van der Waals surface area contributed by atoms with E-state index in [4.69, 9.17) is 0 Å². The van der Waals surface area contributed by atoms with Crippen molar-refractivity contribution in [1.82, 2.24) is 15.1 Å². The zero-order valence-corrected chi connectivity index (χ0v) is 11.7. The summed E-state index contributed by atoms with van der Waals surface area (Å²) in [4.78, 5) is 0. The molecule has 1 aromatic rings. The monoisotopic (exact) mass is 235 g/mol. The van der Waals surface area contributed by atoms with Gasteiger partial charge in [0.1, 0.15) is 0 Å². The number of piperidine rings is 1. The maximum absolute atomic E-state index is 4.49. The average molecular weight is 235 g/mol. The Hall–Kier alpha value is -0.830. The second-order valence-corrected chi connectivity index (χ2v) is 6.59. The third-order valence-electron chi connectivity index (χ3n) is 3.57. The molecule has 0 bridgehead atoms. The molecule has 3 nitrogen and oxygen atoms in total. The molecular weight excluding hydrogens is 210 g/mol. The average Bonchev–Trinajstić information content (AvgIpc) is 2.63. The van der Waals surface area contributed by atoms with Gasteiger partial charge in [-0.25, -0.2) is 0 Å². The molecule has 1 N–H and O–H groups in total. The topological polar surface area (TPSA) is 29.9 Å². The first-order valence-electron chi connectivity index (χ1n) is 6.67. The van der Waals surface area contributed by atoms with Crippen LogP contribution in [0.5, 0.6) is 0 Å². The Morgan fingerprint density at radius 3 is 2.53 bits per heavy atom. The van der Waals surface area contributed by atoms with Gasteiger partial charge < -0.3 is 5.32 Å². The van der Waals surface area contributed by atoms with E-state index in [-0.39, 0.29) is 5.54 Å². The van der Waals surface area contributed by atoms with Crippen LogP contribution in [-0.4, -0.2) is 15.8 Å². The molecule has 0 aromatic carbocycles. The Labute approximate surface area is 105 Å². The first-order valence-corrected chi connectivity index (χ1v) is 6.67. The maximum Gasteiger partial charge on any atom is 0.0543 e. The molecule has 96 valence electrons. The first kappa shape index (κ1) is 12.6. The fourth-order valence-electron chi connectivity index (χ4n) is 2.70. The van der Waals surface area contributed by atoms with Crippen LogP contribution in [0.3, 0.4) is 0 Å². The van der Waals surface area contributed by atoms with Gasteiger partial charge in [0.2, 0.25) is 0 Å². The molecule has 0 aliphatic carbocycles. The van der Waals surface area contributed by atoms with E-state index in [1.165, 1.54) is 18.4 Å². The van der Waals surface area contributed by atoms with E-state index in [9.17, 15) is 0 Å². The lowest BCUT2D eigenvalue weighted by atomic mass is 9.88. The Kier molecular flexibility index (Phi) is 3.30.